The van der Waals surface area contributed by atoms with E-state index in [2.05, 4.69) is 10.6 Å². The molecule has 0 aliphatic heterocycles. The van der Waals surface area contributed by atoms with Crippen molar-refractivity contribution < 1.29 is 35.9 Å². The fraction of sp³-hybridized carbons (Fsp3) is 0.231. The third-order valence-corrected chi connectivity index (χ3v) is 5.37. The zero-order chi connectivity index (χ0) is 27.4. The Morgan fingerprint density at radius 2 is 1.38 bits per heavy atom. The summed E-state index contributed by atoms with van der Waals surface area (Å²) in [4.78, 5) is 27.2. The second-order valence-electron chi connectivity index (χ2n) is 8.37. The van der Waals surface area contributed by atoms with E-state index in [9.17, 15) is 35.9 Å². The zero-order valence-electron chi connectivity index (χ0n) is 19.8. The molecule has 37 heavy (non-hydrogen) atoms. The fourth-order valence-electron chi connectivity index (χ4n) is 3.54. The molecule has 0 saturated carbocycles. The number of carbonyl (C=O) groups excluding carboxylic acids is 2. The molecule has 0 fully saturated rings. The van der Waals surface area contributed by atoms with Crippen molar-refractivity contribution in [1.82, 2.24) is 5.32 Å². The number of nitrogens with one attached hydrogen (secondary N) is 2. The number of nitrogens with zero attached hydrogens (tertiary/aromatic N) is 1. The third kappa shape index (κ3) is 7.25. The van der Waals surface area contributed by atoms with Crippen molar-refractivity contribution in [3.63, 3.8) is 0 Å². The van der Waals surface area contributed by atoms with Gasteiger partial charge in [0.2, 0.25) is 0 Å². The van der Waals surface area contributed by atoms with Crippen molar-refractivity contribution >= 4 is 23.2 Å². The Morgan fingerprint density at radius 1 is 0.784 bits per heavy atom. The van der Waals surface area contributed by atoms with Crippen LogP contribution >= 0.6 is 0 Å². The molecule has 0 saturated heterocycles. The maximum Gasteiger partial charge on any atom is 0.416 e. The van der Waals surface area contributed by atoms with Gasteiger partial charge in [-0.1, -0.05) is 30.3 Å². The molecule has 3 aromatic carbocycles. The first kappa shape index (κ1) is 27.6. The Labute approximate surface area is 209 Å². The number of rotatable bonds is 7. The Morgan fingerprint density at radius 3 is 1.92 bits per heavy atom. The van der Waals surface area contributed by atoms with Gasteiger partial charge in [-0.2, -0.15) is 26.3 Å². The van der Waals surface area contributed by atoms with Gasteiger partial charge in [-0.05, 0) is 48.4 Å². The molecule has 0 unspecified atom stereocenters. The molecular formula is C26H23F6N3O2. The molecule has 0 atom stereocenters. The van der Waals surface area contributed by atoms with E-state index in [1.54, 1.807) is 19.0 Å². The summed E-state index contributed by atoms with van der Waals surface area (Å²) in [5.74, 6) is -1.65. The summed E-state index contributed by atoms with van der Waals surface area (Å²) in [5.41, 5.74) is -2.34. The topological polar surface area (TPSA) is 61.4 Å². The largest absolute Gasteiger partial charge is 0.416 e. The standard InChI is InChI=1S/C26H23F6N3O2/c1-35(2)22-9-8-20(15-21(22)24(37)33-11-10-16-6-4-3-5-7-16)34-23(36)17-12-18(25(27,28)29)14-19(13-17)26(30,31)32/h3-9,12-15H,10-11H2,1-2H3,(H,33,37)(H,34,36). The molecule has 0 aliphatic rings. The number of anilines is 2. The van der Waals surface area contributed by atoms with Crippen LogP contribution in [0.3, 0.4) is 0 Å². The summed E-state index contributed by atoms with van der Waals surface area (Å²) < 4.78 is 78.9. The molecule has 0 bridgehead atoms. The van der Waals surface area contributed by atoms with Crippen molar-refractivity contribution in [2.24, 2.45) is 0 Å². The van der Waals surface area contributed by atoms with Crippen LogP contribution in [-0.2, 0) is 18.8 Å². The number of halogens is 6. The fourth-order valence-corrected chi connectivity index (χ4v) is 3.54. The first-order valence-corrected chi connectivity index (χ1v) is 11.0. The minimum atomic E-state index is -5.09. The molecule has 5 nitrogen and oxygen atoms in total. The molecule has 0 spiro atoms. The zero-order valence-corrected chi connectivity index (χ0v) is 19.8. The number of benzene rings is 3. The predicted molar refractivity (Wildman–Crippen MR) is 128 cm³/mol. The average Bonchev–Trinajstić information content (AvgIpc) is 2.83. The number of amides is 2. The lowest BCUT2D eigenvalue weighted by atomic mass is 10.0. The number of hydrogen-bond acceptors (Lipinski definition) is 3. The van der Waals surface area contributed by atoms with Crippen LogP contribution in [0.25, 0.3) is 0 Å². The van der Waals surface area contributed by atoms with Crippen molar-refractivity contribution in [3.8, 4) is 0 Å². The van der Waals surface area contributed by atoms with Crippen LogP contribution in [0.4, 0.5) is 37.7 Å². The Balaban J connectivity index is 1.84. The number of alkyl halides is 6. The quantitative estimate of drug-likeness (QED) is 0.373. The van der Waals surface area contributed by atoms with Gasteiger partial charge in [0, 0.05) is 37.6 Å². The average molecular weight is 523 g/mol. The predicted octanol–water partition coefficient (Wildman–Crippen LogP) is 6.02. The minimum Gasteiger partial charge on any atom is -0.377 e. The molecule has 196 valence electrons. The second kappa shape index (κ2) is 10.9. The SMILES string of the molecule is CN(C)c1ccc(NC(=O)c2cc(C(F)(F)F)cc(C(F)(F)F)c2)cc1C(=O)NCCc1ccccc1. The van der Waals surface area contributed by atoms with Gasteiger partial charge in [0.1, 0.15) is 0 Å². The maximum atomic E-state index is 13.2. The summed E-state index contributed by atoms with van der Waals surface area (Å²) >= 11 is 0. The third-order valence-electron chi connectivity index (χ3n) is 5.37. The van der Waals surface area contributed by atoms with E-state index < -0.39 is 40.9 Å². The van der Waals surface area contributed by atoms with Gasteiger partial charge in [-0.3, -0.25) is 9.59 Å². The first-order valence-electron chi connectivity index (χ1n) is 11.0. The van der Waals surface area contributed by atoms with E-state index in [0.29, 0.717) is 30.8 Å². The van der Waals surface area contributed by atoms with Gasteiger partial charge >= 0.3 is 12.4 Å². The van der Waals surface area contributed by atoms with Crippen LogP contribution in [0.5, 0.6) is 0 Å². The van der Waals surface area contributed by atoms with Gasteiger partial charge < -0.3 is 15.5 Å². The molecule has 3 aromatic rings. The van der Waals surface area contributed by atoms with Gasteiger partial charge in [0.25, 0.3) is 11.8 Å². The number of carbonyl (C=O) groups is 2. The summed E-state index contributed by atoms with van der Waals surface area (Å²) in [7, 11) is 3.38. The van der Waals surface area contributed by atoms with Crippen LogP contribution in [0, 0.1) is 0 Å². The van der Waals surface area contributed by atoms with Crippen molar-refractivity contribution in [1.29, 1.82) is 0 Å². The monoisotopic (exact) mass is 523 g/mol. The van der Waals surface area contributed by atoms with Crippen molar-refractivity contribution in [2.75, 3.05) is 30.9 Å². The Hall–Kier alpha value is -4.02. The highest BCUT2D eigenvalue weighted by atomic mass is 19.4. The molecule has 2 N–H and O–H groups in total. The number of hydrogen-bond donors (Lipinski definition) is 2. The van der Waals surface area contributed by atoms with Gasteiger partial charge in [-0.15, -0.1) is 0 Å². The molecule has 11 heteroatoms. The smallest absolute Gasteiger partial charge is 0.377 e. The van der Waals surface area contributed by atoms with Crippen molar-refractivity contribution in [2.45, 2.75) is 18.8 Å². The molecule has 0 radical (unpaired) electrons. The summed E-state index contributed by atoms with van der Waals surface area (Å²) in [5, 5.41) is 5.06. The van der Waals surface area contributed by atoms with E-state index in [1.165, 1.54) is 18.2 Å². The van der Waals surface area contributed by atoms with E-state index >= 15 is 0 Å². The van der Waals surface area contributed by atoms with Crippen LogP contribution in [-0.4, -0.2) is 32.5 Å². The minimum absolute atomic E-state index is 0.0229. The highest BCUT2D eigenvalue weighted by molar-refractivity contribution is 6.06. The van der Waals surface area contributed by atoms with E-state index in [4.69, 9.17) is 0 Å². The van der Waals surface area contributed by atoms with E-state index in [-0.39, 0.29) is 17.3 Å². The molecular weight excluding hydrogens is 500 g/mol. The summed E-state index contributed by atoms with van der Waals surface area (Å²) in [6.07, 6.45) is -9.61. The lowest BCUT2D eigenvalue weighted by Gasteiger charge is -2.19. The maximum absolute atomic E-state index is 13.2. The Kier molecular flexibility index (Phi) is 8.15. The highest BCUT2D eigenvalue weighted by Gasteiger charge is 2.37. The second-order valence-corrected chi connectivity index (χ2v) is 8.37. The van der Waals surface area contributed by atoms with E-state index in [0.717, 1.165) is 5.56 Å². The van der Waals surface area contributed by atoms with Crippen LogP contribution in [0.1, 0.15) is 37.4 Å². The van der Waals surface area contributed by atoms with Gasteiger partial charge in [0.15, 0.2) is 0 Å². The Bertz CT molecular complexity index is 1240. The normalized spacial score (nSPS) is 11.7. The highest BCUT2D eigenvalue weighted by Crippen LogP contribution is 2.36. The molecule has 3 rings (SSSR count). The van der Waals surface area contributed by atoms with E-state index in [1.807, 2.05) is 30.3 Å². The van der Waals surface area contributed by atoms with Gasteiger partial charge in [0.05, 0.1) is 16.7 Å². The molecule has 0 aliphatic carbocycles. The summed E-state index contributed by atoms with van der Waals surface area (Å²) in [6, 6.07) is 14.3. The molecule has 0 aromatic heterocycles. The summed E-state index contributed by atoms with van der Waals surface area (Å²) in [6.45, 7) is 0.316. The molecule has 2 amide bonds. The first-order chi connectivity index (χ1) is 17.3. The van der Waals surface area contributed by atoms with Crippen LogP contribution < -0.4 is 15.5 Å². The lowest BCUT2D eigenvalue weighted by Crippen LogP contribution is -2.28. The van der Waals surface area contributed by atoms with Crippen LogP contribution in [0.2, 0.25) is 0 Å². The van der Waals surface area contributed by atoms with Crippen molar-refractivity contribution in [3.05, 3.63) is 94.5 Å². The molecule has 0 heterocycles. The van der Waals surface area contributed by atoms with Crippen LogP contribution in [0.15, 0.2) is 66.7 Å². The van der Waals surface area contributed by atoms with Gasteiger partial charge in [-0.25, -0.2) is 0 Å². The lowest BCUT2D eigenvalue weighted by molar-refractivity contribution is -0.143.